The van der Waals surface area contributed by atoms with E-state index in [9.17, 15) is 4.79 Å². The van der Waals surface area contributed by atoms with Gasteiger partial charge >= 0.3 is 0 Å². The second-order valence-electron chi connectivity index (χ2n) is 7.95. The van der Waals surface area contributed by atoms with Crippen molar-refractivity contribution < 1.29 is 4.79 Å². The molecule has 0 fully saturated rings. The molecule has 134 valence electrons. The zero-order valence-electron chi connectivity index (χ0n) is 15.2. The number of Topliss-reactive ketones (excluding diaryl/α,β-unsaturated/α-hetero) is 1. The highest BCUT2D eigenvalue weighted by atomic mass is 35.5. The van der Waals surface area contributed by atoms with Crippen molar-refractivity contribution in [1.82, 2.24) is 0 Å². The monoisotopic (exact) mass is 366 g/mol. The summed E-state index contributed by atoms with van der Waals surface area (Å²) in [7, 11) is 0. The number of benzene rings is 2. The molecule has 4 heteroatoms. The van der Waals surface area contributed by atoms with Crippen molar-refractivity contribution in [3.8, 4) is 0 Å². The van der Waals surface area contributed by atoms with E-state index in [4.69, 9.17) is 11.6 Å². The number of nitrogens with zero attached hydrogens (tertiary/aromatic N) is 2. The minimum atomic E-state index is -0.00446. The molecule has 1 aliphatic carbocycles. The molecule has 0 bridgehead atoms. The lowest BCUT2D eigenvalue weighted by Gasteiger charge is -2.45. The number of ketones is 1. The average Bonchev–Trinajstić information content (AvgIpc) is 2.62. The van der Waals surface area contributed by atoms with Gasteiger partial charge in [-0.2, -0.15) is 0 Å². The van der Waals surface area contributed by atoms with Crippen LogP contribution in [0, 0.1) is 5.41 Å². The molecule has 0 saturated heterocycles. The lowest BCUT2D eigenvalue weighted by molar-refractivity contribution is -0.118. The van der Waals surface area contributed by atoms with Gasteiger partial charge in [-0.15, -0.1) is 0 Å². The molecule has 2 aromatic rings. The van der Waals surface area contributed by atoms with Crippen molar-refractivity contribution >= 4 is 28.8 Å². The van der Waals surface area contributed by atoms with E-state index in [1.807, 2.05) is 42.5 Å². The number of rotatable bonds is 2. The molecule has 0 N–H and O–H groups in total. The third-order valence-electron chi connectivity index (χ3n) is 5.22. The highest BCUT2D eigenvalue weighted by Gasteiger charge is 2.38. The van der Waals surface area contributed by atoms with Crippen molar-refractivity contribution in [3.63, 3.8) is 0 Å². The molecule has 0 saturated carbocycles. The van der Waals surface area contributed by atoms with Gasteiger partial charge in [-0.1, -0.05) is 43.6 Å². The normalized spacial score (nSPS) is 19.6. The fourth-order valence-electron chi connectivity index (χ4n) is 3.93. The molecule has 3 nitrogen and oxygen atoms in total. The molecule has 1 aliphatic heterocycles. The summed E-state index contributed by atoms with van der Waals surface area (Å²) in [5.41, 5.74) is 4.33. The summed E-state index contributed by atoms with van der Waals surface area (Å²) < 4.78 is 0. The molecule has 2 aromatic carbocycles. The molecule has 0 radical (unpaired) electrons. The number of carbonyl (C=O) groups excluding carboxylic acids is 1. The number of hydrogen-bond donors (Lipinski definition) is 0. The average molecular weight is 367 g/mol. The fourth-order valence-corrected chi connectivity index (χ4v) is 4.06. The van der Waals surface area contributed by atoms with Crippen LogP contribution in [0.15, 0.2) is 65.9 Å². The molecule has 4 rings (SSSR count). The van der Waals surface area contributed by atoms with Crippen molar-refractivity contribution in [2.75, 3.05) is 23.0 Å². The zero-order valence-corrected chi connectivity index (χ0v) is 16.0. The van der Waals surface area contributed by atoms with Gasteiger partial charge in [-0.3, -0.25) is 4.79 Å². The molecule has 0 atom stereocenters. The summed E-state index contributed by atoms with van der Waals surface area (Å²) in [6, 6.07) is 18.2. The van der Waals surface area contributed by atoms with Crippen LogP contribution in [0.3, 0.4) is 0 Å². The van der Waals surface area contributed by atoms with Crippen LogP contribution in [0.1, 0.15) is 26.7 Å². The zero-order chi connectivity index (χ0) is 18.3. The Kier molecular flexibility index (Phi) is 4.28. The molecular weight excluding hydrogens is 344 g/mol. The largest absolute Gasteiger partial charge is 0.349 e. The van der Waals surface area contributed by atoms with Gasteiger partial charge < -0.3 is 9.80 Å². The maximum atomic E-state index is 12.9. The molecule has 0 spiro atoms. The predicted octanol–water partition coefficient (Wildman–Crippen LogP) is 5.27. The van der Waals surface area contributed by atoms with Crippen LogP contribution in [0.4, 0.5) is 11.4 Å². The smallest absolute Gasteiger partial charge is 0.162 e. The van der Waals surface area contributed by atoms with Gasteiger partial charge in [0.25, 0.3) is 0 Å². The first-order chi connectivity index (χ1) is 12.4. The van der Waals surface area contributed by atoms with Gasteiger partial charge in [0.1, 0.15) is 0 Å². The van der Waals surface area contributed by atoms with E-state index in [2.05, 4.69) is 35.8 Å². The van der Waals surface area contributed by atoms with E-state index in [1.165, 1.54) is 5.70 Å². The molecule has 1 heterocycles. The van der Waals surface area contributed by atoms with Gasteiger partial charge in [-0.05, 0) is 48.2 Å². The van der Waals surface area contributed by atoms with Crippen LogP contribution in [-0.2, 0) is 4.79 Å². The number of halogens is 1. The summed E-state index contributed by atoms with van der Waals surface area (Å²) in [6.07, 6.45) is 1.53. The third-order valence-corrected chi connectivity index (χ3v) is 5.47. The van der Waals surface area contributed by atoms with Gasteiger partial charge in [0.05, 0.1) is 6.67 Å². The molecular formula is C22H23ClN2O. The Hall–Kier alpha value is -2.26. The number of para-hydroxylation sites is 1. The summed E-state index contributed by atoms with van der Waals surface area (Å²) >= 11 is 6.09. The van der Waals surface area contributed by atoms with Crippen molar-refractivity contribution in [2.45, 2.75) is 26.7 Å². The maximum Gasteiger partial charge on any atom is 0.162 e. The van der Waals surface area contributed by atoms with Crippen LogP contribution in [0.2, 0.25) is 5.02 Å². The van der Waals surface area contributed by atoms with E-state index in [-0.39, 0.29) is 11.2 Å². The first-order valence-electron chi connectivity index (χ1n) is 9.01. The number of anilines is 2. The van der Waals surface area contributed by atoms with Crippen molar-refractivity contribution in [2.24, 2.45) is 5.41 Å². The lowest BCUT2D eigenvalue weighted by Crippen LogP contribution is -2.48. The fraction of sp³-hybridized carbons (Fsp3) is 0.318. The first kappa shape index (κ1) is 17.2. The number of carbonyl (C=O) groups is 1. The van der Waals surface area contributed by atoms with E-state index in [0.29, 0.717) is 13.0 Å². The Morgan fingerprint density at radius 2 is 1.62 bits per heavy atom. The standard InChI is InChI=1S/C22H23ClN2O/c1-22(2)12-20-19(21(26)13-22)14-24(17-6-4-3-5-7-17)15-25(20)18-10-8-16(23)9-11-18/h3-11H,12-15H2,1-2H3. The number of allylic oxidation sites excluding steroid dienone is 1. The topological polar surface area (TPSA) is 23.6 Å². The minimum Gasteiger partial charge on any atom is -0.349 e. The van der Waals surface area contributed by atoms with Gasteiger partial charge in [-0.25, -0.2) is 0 Å². The quantitative estimate of drug-likeness (QED) is 0.723. The Bertz CT molecular complexity index is 855. The summed E-state index contributed by atoms with van der Waals surface area (Å²) in [4.78, 5) is 17.5. The highest BCUT2D eigenvalue weighted by molar-refractivity contribution is 6.30. The highest BCUT2D eigenvalue weighted by Crippen LogP contribution is 2.42. The predicted molar refractivity (Wildman–Crippen MR) is 108 cm³/mol. The Morgan fingerprint density at radius 3 is 2.31 bits per heavy atom. The van der Waals surface area contributed by atoms with Crippen molar-refractivity contribution in [1.29, 1.82) is 0 Å². The minimum absolute atomic E-state index is 0.00446. The molecule has 0 amide bonds. The first-order valence-corrected chi connectivity index (χ1v) is 9.39. The van der Waals surface area contributed by atoms with E-state index in [1.54, 1.807) is 0 Å². The van der Waals surface area contributed by atoms with E-state index in [0.717, 1.165) is 35.1 Å². The molecule has 2 aliphatic rings. The number of hydrogen-bond acceptors (Lipinski definition) is 3. The molecule has 0 aromatic heterocycles. The van der Waals surface area contributed by atoms with Crippen LogP contribution < -0.4 is 9.80 Å². The third kappa shape index (κ3) is 3.24. The van der Waals surface area contributed by atoms with Gasteiger partial charge in [0.2, 0.25) is 0 Å². The van der Waals surface area contributed by atoms with Gasteiger partial charge in [0, 0.05) is 40.6 Å². The van der Waals surface area contributed by atoms with Crippen LogP contribution >= 0.6 is 11.6 Å². The van der Waals surface area contributed by atoms with E-state index < -0.39 is 0 Å². The SMILES string of the molecule is CC1(C)CC(=O)C2=C(C1)N(c1ccc(Cl)cc1)CN(c1ccccc1)C2. The van der Waals surface area contributed by atoms with Gasteiger partial charge in [0.15, 0.2) is 5.78 Å². The van der Waals surface area contributed by atoms with Crippen molar-refractivity contribution in [3.05, 3.63) is 70.9 Å². The van der Waals surface area contributed by atoms with Crippen LogP contribution in [0.25, 0.3) is 0 Å². The summed E-state index contributed by atoms with van der Waals surface area (Å²) in [6.45, 7) is 5.77. The maximum absolute atomic E-state index is 12.9. The summed E-state index contributed by atoms with van der Waals surface area (Å²) in [5, 5.41) is 0.722. The van der Waals surface area contributed by atoms with E-state index >= 15 is 0 Å². The Labute approximate surface area is 159 Å². The Morgan fingerprint density at radius 1 is 0.923 bits per heavy atom. The Balaban J connectivity index is 1.79. The molecule has 0 unspecified atom stereocenters. The second-order valence-corrected chi connectivity index (χ2v) is 8.38. The lowest BCUT2D eigenvalue weighted by atomic mass is 9.74. The molecule has 26 heavy (non-hydrogen) atoms. The van der Waals surface area contributed by atoms with Crippen LogP contribution in [-0.4, -0.2) is 19.0 Å². The summed E-state index contributed by atoms with van der Waals surface area (Å²) in [5.74, 6) is 0.274. The van der Waals surface area contributed by atoms with Crippen LogP contribution in [0.5, 0.6) is 0 Å². The second kappa shape index (κ2) is 6.48.